The van der Waals surface area contributed by atoms with Crippen molar-refractivity contribution in [1.29, 1.82) is 0 Å². The van der Waals surface area contributed by atoms with Gasteiger partial charge in [0.15, 0.2) is 0 Å². The number of hydrogen-bond acceptors (Lipinski definition) is 2. The fraction of sp³-hybridized carbons (Fsp3) is 0.950. The molecular weight excluding hydrogens is 272 g/mol. The Morgan fingerprint density at radius 1 is 1.09 bits per heavy atom. The Kier molecular flexibility index (Phi) is 3.02. The Balaban J connectivity index is 1.81. The van der Waals surface area contributed by atoms with Gasteiger partial charge in [0.1, 0.15) is 5.78 Å². The minimum Gasteiger partial charge on any atom is -0.392 e. The van der Waals surface area contributed by atoms with Crippen LogP contribution in [0, 0.1) is 39.9 Å². The fourth-order valence-corrected chi connectivity index (χ4v) is 7.72. The van der Waals surface area contributed by atoms with E-state index in [-0.39, 0.29) is 11.5 Å². The topological polar surface area (TPSA) is 37.3 Å². The van der Waals surface area contributed by atoms with Crippen molar-refractivity contribution in [3.05, 3.63) is 0 Å². The van der Waals surface area contributed by atoms with Crippen LogP contribution in [0.15, 0.2) is 0 Å². The zero-order chi connectivity index (χ0) is 15.9. The molecule has 0 aromatic heterocycles. The molecule has 124 valence electrons. The van der Waals surface area contributed by atoms with Crippen molar-refractivity contribution in [2.75, 3.05) is 0 Å². The standard InChI is InChI=1S/C20H32O2/c1-12-13-10-15-19(4)8-5-7-18(2,3)14(19)6-9-20(15,17(12)22)16(21)11-13/h12-15,17,22H,5-11H2,1-4H3/t12-,13-,14-,15+,17-,19-,20+/m1/s1. The highest BCUT2D eigenvalue weighted by Crippen LogP contribution is 2.71. The van der Waals surface area contributed by atoms with Crippen LogP contribution in [-0.4, -0.2) is 17.0 Å². The molecule has 0 heterocycles. The molecule has 5 rings (SSSR count). The molecule has 2 nitrogen and oxygen atoms in total. The van der Waals surface area contributed by atoms with Gasteiger partial charge >= 0.3 is 0 Å². The molecule has 1 N–H and O–H groups in total. The average Bonchev–Trinajstić information content (AvgIpc) is 2.43. The molecular formula is C20H32O2. The Labute approximate surface area is 135 Å². The Morgan fingerprint density at radius 3 is 2.55 bits per heavy atom. The molecule has 0 amide bonds. The van der Waals surface area contributed by atoms with Gasteiger partial charge in [0.05, 0.1) is 11.5 Å². The maximum absolute atomic E-state index is 13.0. The van der Waals surface area contributed by atoms with Gasteiger partial charge in [-0.25, -0.2) is 0 Å². The van der Waals surface area contributed by atoms with Gasteiger partial charge in [-0.1, -0.05) is 34.1 Å². The van der Waals surface area contributed by atoms with Gasteiger partial charge in [-0.15, -0.1) is 0 Å². The highest BCUT2D eigenvalue weighted by Gasteiger charge is 2.69. The third kappa shape index (κ3) is 1.58. The predicted molar refractivity (Wildman–Crippen MR) is 87.3 cm³/mol. The summed E-state index contributed by atoms with van der Waals surface area (Å²) in [6.45, 7) is 9.53. The lowest BCUT2D eigenvalue weighted by Crippen LogP contribution is -2.69. The molecule has 5 fully saturated rings. The lowest BCUT2D eigenvalue weighted by atomic mass is 9.35. The summed E-state index contributed by atoms with van der Waals surface area (Å²) in [7, 11) is 0. The number of hydrogen-bond donors (Lipinski definition) is 1. The molecule has 0 radical (unpaired) electrons. The largest absolute Gasteiger partial charge is 0.392 e. The highest BCUT2D eigenvalue weighted by molar-refractivity contribution is 5.88. The minimum absolute atomic E-state index is 0.259. The maximum atomic E-state index is 13.0. The minimum atomic E-state index is -0.396. The van der Waals surface area contributed by atoms with E-state index in [1.807, 2.05) is 0 Å². The van der Waals surface area contributed by atoms with E-state index in [1.165, 1.54) is 25.7 Å². The number of ketones is 1. The molecule has 22 heavy (non-hydrogen) atoms. The first-order valence-corrected chi connectivity index (χ1v) is 9.45. The molecule has 5 aliphatic rings. The zero-order valence-corrected chi connectivity index (χ0v) is 14.7. The summed E-state index contributed by atoms with van der Waals surface area (Å²) in [6, 6.07) is 0. The van der Waals surface area contributed by atoms with Gasteiger partial charge in [-0.05, 0) is 66.6 Å². The van der Waals surface area contributed by atoms with Crippen LogP contribution in [0.4, 0.5) is 0 Å². The predicted octanol–water partition coefficient (Wildman–Crippen LogP) is 4.21. The molecule has 7 atom stereocenters. The smallest absolute Gasteiger partial charge is 0.142 e. The third-order valence-electron chi connectivity index (χ3n) is 8.82. The van der Waals surface area contributed by atoms with Gasteiger partial charge < -0.3 is 5.11 Å². The Morgan fingerprint density at radius 2 is 1.82 bits per heavy atom. The van der Waals surface area contributed by atoms with E-state index in [9.17, 15) is 9.90 Å². The monoisotopic (exact) mass is 304 g/mol. The van der Waals surface area contributed by atoms with E-state index >= 15 is 0 Å². The van der Waals surface area contributed by atoms with Crippen LogP contribution in [0.2, 0.25) is 0 Å². The summed E-state index contributed by atoms with van der Waals surface area (Å²) in [5, 5.41) is 11.0. The number of carbonyl (C=O) groups excluding carboxylic acids is 1. The Hall–Kier alpha value is -0.370. The SMILES string of the molecule is C[C@@H]1[C@H]2CC(=O)[C@@]3(CC[C@@H]4C(C)(C)CCC[C@@]4(C)[C@@H]3C2)[C@@H]1O. The molecule has 2 heteroatoms. The number of rotatable bonds is 0. The van der Waals surface area contributed by atoms with Crippen LogP contribution in [0.1, 0.15) is 72.6 Å². The summed E-state index contributed by atoms with van der Waals surface area (Å²) in [6.07, 6.45) is 7.49. The lowest BCUT2D eigenvalue weighted by Gasteiger charge is -2.69. The van der Waals surface area contributed by atoms with Crippen LogP contribution in [-0.2, 0) is 4.79 Å². The molecule has 0 aromatic carbocycles. The quantitative estimate of drug-likeness (QED) is 0.728. The van der Waals surface area contributed by atoms with E-state index < -0.39 is 5.41 Å². The van der Waals surface area contributed by atoms with E-state index in [0.717, 1.165) is 25.2 Å². The van der Waals surface area contributed by atoms with Crippen LogP contribution in [0.3, 0.4) is 0 Å². The van der Waals surface area contributed by atoms with Gasteiger partial charge in [0, 0.05) is 6.42 Å². The van der Waals surface area contributed by atoms with E-state index in [4.69, 9.17) is 0 Å². The van der Waals surface area contributed by atoms with Crippen molar-refractivity contribution in [1.82, 2.24) is 0 Å². The van der Waals surface area contributed by atoms with Crippen molar-refractivity contribution in [3.63, 3.8) is 0 Å². The molecule has 0 aromatic rings. The molecule has 0 unspecified atom stereocenters. The fourth-order valence-electron chi connectivity index (χ4n) is 7.72. The molecule has 0 aliphatic heterocycles. The number of fused-ring (bicyclic) bond motifs is 3. The molecule has 2 bridgehead atoms. The van der Waals surface area contributed by atoms with Gasteiger partial charge in [0.2, 0.25) is 0 Å². The third-order valence-corrected chi connectivity index (χ3v) is 8.82. The average molecular weight is 304 g/mol. The molecule has 5 aliphatic carbocycles. The van der Waals surface area contributed by atoms with Crippen molar-refractivity contribution < 1.29 is 9.90 Å². The van der Waals surface area contributed by atoms with E-state index in [0.29, 0.717) is 29.0 Å². The number of aliphatic hydroxyl groups is 1. The zero-order valence-electron chi connectivity index (χ0n) is 14.7. The molecule has 1 spiro atoms. The normalized spacial score (nSPS) is 56.4. The summed E-state index contributed by atoms with van der Waals surface area (Å²) in [5.41, 5.74) is 0.257. The first-order valence-electron chi connectivity index (χ1n) is 9.45. The molecule has 5 saturated carbocycles. The second-order valence-electron chi connectivity index (χ2n) is 9.96. The van der Waals surface area contributed by atoms with Crippen LogP contribution in [0.5, 0.6) is 0 Å². The second kappa shape index (κ2) is 4.37. The first kappa shape index (κ1) is 15.2. The van der Waals surface area contributed by atoms with Crippen LogP contribution in [0.25, 0.3) is 0 Å². The summed E-state index contributed by atoms with van der Waals surface area (Å²) < 4.78 is 0. The van der Waals surface area contributed by atoms with Crippen LogP contribution < -0.4 is 0 Å². The summed E-state index contributed by atoms with van der Waals surface area (Å²) >= 11 is 0. The molecule has 0 saturated heterocycles. The maximum Gasteiger partial charge on any atom is 0.142 e. The van der Waals surface area contributed by atoms with Gasteiger partial charge in [-0.2, -0.15) is 0 Å². The lowest BCUT2D eigenvalue weighted by molar-refractivity contribution is -0.228. The van der Waals surface area contributed by atoms with Crippen molar-refractivity contribution in [3.8, 4) is 0 Å². The van der Waals surface area contributed by atoms with E-state index in [1.54, 1.807) is 0 Å². The summed E-state index contributed by atoms with van der Waals surface area (Å²) in [5.74, 6) is 2.29. The highest BCUT2D eigenvalue weighted by atomic mass is 16.3. The van der Waals surface area contributed by atoms with Crippen molar-refractivity contribution in [2.24, 2.45) is 39.9 Å². The van der Waals surface area contributed by atoms with Gasteiger partial charge in [-0.3, -0.25) is 4.79 Å². The van der Waals surface area contributed by atoms with Crippen molar-refractivity contribution >= 4 is 5.78 Å². The van der Waals surface area contributed by atoms with Crippen molar-refractivity contribution in [2.45, 2.75) is 78.7 Å². The first-order chi connectivity index (χ1) is 10.2. The summed E-state index contributed by atoms with van der Waals surface area (Å²) in [4.78, 5) is 13.0. The Bertz CT molecular complexity index is 510. The van der Waals surface area contributed by atoms with E-state index in [2.05, 4.69) is 27.7 Å². The van der Waals surface area contributed by atoms with Crippen LogP contribution >= 0.6 is 0 Å². The number of Topliss-reactive ketones (excluding diaryl/α,β-unsaturated/α-hetero) is 1. The van der Waals surface area contributed by atoms with Gasteiger partial charge in [0.25, 0.3) is 0 Å². The number of aliphatic hydroxyl groups excluding tert-OH is 1. The number of carbonyl (C=O) groups is 1. The second-order valence-corrected chi connectivity index (χ2v) is 9.96.